The number of aliphatic imine (C=N–C) groups is 1. The molecule has 1 aliphatic heterocycles. The van der Waals surface area contributed by atoms with E-state index in [0.29, 0.717) is 18.4 Å². The number of fused-ring (bicyclic) bond motifs is 3. The van der Waals surface area contributed by atoms with Crippen molar-refractivity contribution in [1.29, 1.82) is 0 Å². The van der Waals surface area contributed by atoms with E-state index in [2.05, 4.69) is 9.98 Å². The van der Waals surface area contributed by atoms with Gasteiger partial charge in [-0.05, 0) is 36.1 Å². The van der Waals surface area contributed by atoms with Gasteiger partial charge in [-0.1, -0.05) is 6.07 Å². The van der Waals surface area contributed by atoms with E-state index in [-0.39, 0.29) is 22.6 Å². The normalized spacial score (nSPS) is 20.7. The zero-order valence-corrected chi connectivity index (χ0v) is 12.4. The van der Waals surface area contributed by atoms with Gasteiger partial charge < -0.3 is 5.11 Å². The second-order valence-electron chi connectivity index (χ2n) is 6.12. The quantitative estimate of drug-likeness (QED) is 0.696. The molecule has 1 aliphatic carbocycles. The maximum Gasteiger partial charge on any atom is 0.272 e. The van der Waals surface area contributed by atoms with Crippen molar-refractivity contribution in [3.63, 3.8) is 0 Å². The van der Waals surface area contributed by atoms with Crippen molar-refractivity contribution in [3.05, 3.63) is 62.8 Å². The molecule has 116 valence electrons. The highest BCUT2D eigenvalue weighted by Crippen LogP contribution is 2.46. The van der Waals surface area contributed by atoms with E-state index in [4.69, 9.17) is 5.11 Å². The molecule has 0 saturated carbocycles. The highest BCUT2D eigenvalue weighted by molar-refractivity contribution is 5.86. The summed E-state index contributed by atoms with van der Waals surface area (Å²) in [6, 6.07) is 7.47. The minimum Gasteiger partial charge on any atom is -0.396 e. The minimum atomic E-state index is -0.367. The van der Waals surface area contributed by atoms with Crippen LogP contribution < -0.4 is 0 Å². The summed E-state index contributed by atoms with van der Waals surface area (Å²) in [5.74, 6) is 0.741. The highest BCUT2D eigenvalue weighted by atomic mass is 16.6. The zero-order valence-electron chi connectivity index (χ0n) is 12.4. The summed E-state index contributed by atoms with van der Waals surface area (Å²) >= 11 is 0. The van der Waals surface area contributed by atoms with Crippen LogP contribution in [0.1, 0.15) is 22.3 Å². The van der Waals surface area contributed by atoms with Crippen LogP contribution in [0.3, 0.4) is 0 Å². The van der Waals surface area contributed by atoms with Crippen molar-refractivity contribution in [1.82, 2.24) is 4.98 Å². The van der Waals surface area contributed by atoms with Crippen LogP contribution in [0.2, 0.25) is 0 Å². The Balaban J connectivity index is 1.79. The fraction of sp³-hybridized carbons (Fsp3) is 0.294. The van der Waals surface area contributed by atoms with Gasteiger partial charge in [-0.25, -0.2) is 9.98 Å². The molecule has 0 amide bonds. The van der Waals surface area contributed by atoms with Gasteiger partial charge in [-0.3, -0.25) is 10.1 Å². The molecule has 2 aliphatic rings. The number of hydrogen-bond donors (Lipinski definition) is 1. The lowest BCUT2D eigenvalue weighted by Gasteiger charge is -2.20. The van der Waals surface area contributed by atoms with Gasteiger partial charge in [-0.15, -0.1) is 0 Å². The Kier molecular flexibility index (Phi) is 3.02. The SMILES string of the molecule is O=[N+]([O-])c1cc2c(cc1CCO)C[C@]1(C=Nc3ncccc31)C2. The van der Waals surface area contributed by atoms with E-state index in [1.54, 1.807) is 12.3 Å². The Hall–Kier alpha value is -2.60. The van der Waals surface area contributed by atoms with Crippen molar-refractivity contribution in [2.75, 3.05) is 6.61 Å². The van der Waals surface area contributed by atoms with Crippen molar-refractivity contribution in [3.8, 4) is 0 Å². The van der Waals surface area contributed by atoms with Gasteiger partial charge in [0.15, 0.2) is 5.82 Å². The average Bonchev–Trinajstić information content (AvgIpc) is 3.08. The molecule has 2 heterocycles. The number of aliphatic hydroxyl groups excluding tert-OH is 1. The van der Waals surface area contributed by atoms with E-state index in [0.717, 1.165) is 28.9 Å². The van der Waals surface area contributed by atoms with Crippen LogP contribution in [0, 0.1) is 10.1 Å². The van der Waals surface area contributed by atoms with Gasteiger partial charge in [0, 0.05) is 48.0 Å². The smallest absolute Gasteiger partial charge is 0.272 e. The first-order valence-electron chi connectivity index (χ1n) is 7.54. The summed E-state index contributed by atoms with van der Waals surface area (Å²) in [6.45, 7) is -0.0982. The third kappa shape index (κ3) is 2.06. The molecule has 1 N–H and O–H groups in total. The predicted octanol–water partition coefficient (Wildman–Crippen LogP) is 2.28. The fourth-order valence-corrected chi connectivity index (χ4v) is 3.71. The van der Waals surface area contributed by atoms with Crippen LogP contribution in [-0.4, -0.2) is 27.8 Å². The van der Waals surface area contributed by atoms with Crippen molar-refractivity contribution >= 4 is 17.7 Å². The van der Waals surface area contributed by atoms with Gasteiger partial charge >= 0.3 is 0 Å². The number of nitro groups is 1. The topological polar surface area (TPSA) is 88.6 Å². The summed E-state index contributed by atoms with van der Waals surface area (Å²) in [7, 11) is 0. The predicted molar refractivity (Wildman–Crippen MR) is 85.4 cm³/mol. The van der Waals surface area contributed by atoms with Crippen LogP contribution in [0.4, 0.5) is 11.5 Å². The molecule has 1 aromatic heterocycles. The number of benzene rings is 1. The molecule has 0 unspecified atom stereocenters. The lowest BCUT2D eigenvalue weighted by atomic mass is 9.81. The maximum atomic E-state index is 11.3. The number of aromatic nitrogens is 1. The first kappa shape index (κ1) is 14.0. The average molecular weight is 309 g/mol. The first-order chi connectivity index (χ1) is 11.1. The van der Waals surface area contributed by atoms with Crippen molar-refractivity contribution < 1.29 is 10.0 Å². The van der Waals surface area contributed by atoms with E-state index < -0.39 is 0 Å². The molecule has 2 aromatic rings. The third-order valence-electron chi connectivity index (χ3n) is 4.75. The zero-order chi connectivity index (χ0) is 16.0. The lowest BCUT2D eigenvalue weighted by Crippen LogP contribution is -2.25. The fourth-order valence-electron chi connectivity index (χ4n) is 3.71. The standard InChI is InChI=1S/C17H15N3O3/c21-5-3-11-6-12-8-17(9-13(12)7-15(11)20(22)23)10-19-16-14(17)2-1-4-18-16/h1-2,4,6-7,10,21H,3,5,8-9H2/t17-/m1/s1. The number of hydrogen-bond acceptors (Lipinski definition) is 5. The number of pyridine rings is 1. The molecule has 0 fully saturated rings. The third-order valence-corrected chi connectivity index (χ3v) is 4.75. The van der Waals surface area contributed by atoms with Gasteiger partial charge in [0.05, 0.1) is 4.92 Å². The highest BCUT2D eigenvalue weighted by Gasteiger charge is 2.43. The van der Waals surface area contributed by atoms with E-state index >= 15 is 0 Å². The van der Waals surface area contributed by atoms with Crippen LogP contribution in [0.25, 0.3) is 0 Å². The lowest BCUT2D eigenvalue weighted by molar-refractivity contribution is -0.385. The number of aliphatic hydroxyl groups is 1. The van der Waals surface area contributed by atoms with Crippen LogP contribution in [0.5, 0.6) is 0 Å². The number of nitro benzene ring substituents is 1. The second kappa shape index (κ2) is 4.96. The van der Waals surface area contributed by atoms with Gasteiger partial charge in [0.2, 0.25) is 0 Å². The molecule has 6 nitrogen and oxygen atoms in total. The molecule has 1 aromatic carbocycles. The molecule has 1 spiro atoms. The van der Waals surface area contributed by atoms with Crippen LogP contribution >= 0.6 is 0 Å². The number of rotatable bonds is 3. The molecular weight excluding hydrogens is 294 g/mol. The van der Waals surface area contributed by atoms with Crippen LogP contribution in [-0.2, 0) is 24.7 Å². The molecule has 4 rings (SSSR count). The van der Waals surface area contributed by atoms with E-state index in [1.807, 2.05) is 24.4 Å². The summed E-state index contributed by atoms with van der Waals surface area (Å²) in [5, 5.41) is 20.5. The Bertz CT molecular complexity index is 847. The van der Waals surface area contributed by atoms with Gasteiger partial charge in [-0.2, -0.15) is 0 Å². The minimum absolute atomic E-state index is 0.0937. The Labute approximate surface area is 132 Å². The Morgan fingerprint density at radius 1 is 1.30 bits per heavy atom. The summed E-state index contributed by atoms with van der Waals surface area (Å²) < 4.78 is 0. The molecule has 0 radical (unpaired) electrons. The largest absolute Gasteiger partial charge is 0.396 e. The molecular formula is C17H15N3O3. The molecule has 23 heavy (non-hydrogen) atoms. The molecule has 1 atom stereocenters. The molecule has 6 heteroatoms. The number of nitrogens with zero attached hydrogens (tertiary/aromatic N) is 3. The van der Waals surface area contributed by atoms with Gasteiger partial charge in [0.1, 0.15) is 0 Å². The first-order valence-corrected chi connectivity index (χ1v) is 7.54. The summed E-state index contributed by atoms with van der Waals surface area (Å²) in [4.78, 5) is 19.6. The summed E-state index contributed by atoms with van der Waals surface area (Å²) in [6.07, 6.45) is 5.41. The second-order valence-corrected chi connectivity index (χ2v) is 6.12. The van der Waals surface area contributed by atoms with E-state index in [9.17, 15) is 10.1 Å². The maximum absolute atomic E-state index is 11.3. The Morgan fingerprint density at radius 2 is 2.09 bits per heavy atom. The molecule has 0 saturated heterocycles. The van der Waals surface area contributed by atoms with Crippen molar-refractivity contribution in [2.45, 2.75) is 24.7 Å². The summed E-state index contributed by atoms with van der Waals surface area (Å²) in [5.41, 5.74) is 3.62. The molecule has 0 bridgehead atoms. The van der Waals surface area contributed by atoms with E-state index in [1.165, 1.54) is 0 Å². The Morgan fingerprint density at radius 3 is 2.83 bits per heavy atom. The van der Waals surface area contributed by atoms with Crippen LogP contribution in [0.15, 0.2) is 35.5 Å². The van der Waals surface area contributed by atoms with Gasteiger partial charge in [0.25, 0.3) is 5.69 Å². The van der Waals surface area contributed by atoms with Crippen molar-refractivity contribution in [2.24, 2.45) is 4.99 Å². The monoisotopic (exact) mass is 309 g/mol.